The minimum Gasteiger partial charge on any atom is -0.316 e. The van der Waals surface area contributed by atoms with Crippen molar-refractivity contribution in [2.45, 2.75) is 18.4 Å². The van der Waals surface area contributed by atoms with E-state index >= 15 is 0 Å². The van der Waals surface area contributed by atoms with Gasteiger partial charge in [0.05, 0.1) is 16.5 Å². The summed E-state index contributed by atoms with van der Waals surface area (Å²) in [6.45, 7) is 3.87. The molecule has 2 atom stereocenters. The quantitative estimate of drug-likeness (QED) is 0.814. The fraction of sp³-hybridized carbons (Fsp3) is 0.600. The van der Waals surface area contributed by atoms with E-state index in [9.17, 15) is 4.21 Å². The highest BCUT2D eigenvalue weighted by Crippen LogP contribution is 2.14. The second-order valence-electron chi connectivity index (χ2n) is 3.82. The van der Waals surface area contributed by atoms with Crippen molar-refractivity contribution < 1.29 is 4.21 Å². The molecule has 2 rings (SSSR count). The molecule has 0 unspecified atom stereocenters. The summed E-state index contributed by atoms with van der Waals surface area (Å²) in [7, 11) is -0.998. The van der Waals surface area contributed by atoms with Gasteiger partial charge in [-0.3, -0.25) is 9.19 Å². The maximum Gasteiger partial charge on any atom is 0.148 e. The van der Waals surface area contributed by atoms with Crippen LogP contribution in [0.2, 0.25) is 0 Å². The van der Waals surface area contributed by atoms with Crippen molar-refractivity contribution in [3.05, 3.63) is 18.1 Å². The lowest BCUT2D eigenvalue weighted by molar-refractivity contribution is 0.630. The Hall–Kier alpha value is -0.810. The third kappa shape index (κ3) is 2.60. The van der Waals surface area contributed by atoms with Gasteiger partial charge in [0.25, 0.3) is 0 Å². The number of nitrogens with one attached hydrogen (secondary N) is 1. The molecule has 15 heavy (non-hydrogen) atoms. The second kappa shape index (κ2) is 4.81. The Morgan fingerprint density at radius 3 is 3.00 bits per heavy atom. The van der Waals surface area contributed by atoms with Crippen molar-refractivity contribution in [1.82, 2.24) is 15.3 Å². The van der Waals surface area contributed by atoms with Crippen LogP contribution in [0, 0.1) is 12.8 Å². The molecule has 1 aromatic heterocycles. The molecule has 0 aliphatic carbocycles. The molecule has 1 aromatic rings. The minimum atomic E-state index is -0.998. The Balaban J connectivity index is 2.04. The molecule has 82 valence electrons. The fourth-order valence-corrected chi connectivity index (χ4v) is 3.20. The van der Waals surface area contributed by atoms with Crippen LogP contribution < -0.4 is 5.32 Å². The molecule has 2 heterocycles. The maximum absolute atomic E-state index is 12.0. The van der Waals surface area contributed by atoms with Gasteiger partial charge in [0.1, 0.15) is 5.03 Å². The Morgan fingerprint density at radius 2 is 2.33 bits per heavy atom. The molecule has 1 aliphatic heterocycles. The Labute approximate surface area is 92.0 Å². The van der Waals surface area contributed by atoms with Gasteiger partial charge in [0.2, 0.25) is 0 Å². The fourth-order valence-electron chi connectivity index (χ4n) is 1.77. The summed E-state index contributed by atoms with van der Waals surface area (Å²) in [4.78, 5) is 8.24. The van der Waals surface area contributed by atoms with Crippen LogP contribution in [0.4, 0.5) is 0 Å². The van der Waals surface area contributed by atoms with Gasteiger partial charge >= 0.3 is 0 Å². The van der Waals surface area contributed by atoms with E-state index in [0.29, 0.717) is 16.7 Å². The van der Waals surface area contributed by atoms with Crippen molar-refractivity contribution in [3.8, 4) is 0 Å². The molecule has 1 N–H and O–H groups in total. The molecule has 1 saturated heterocycles. The van der Waals surface area contributed by atoms with Gasteiger partial charge < -0.3 is 5.32 Å². The van der Waals surface area contributed by atoms with Gasteiger partial charge in [-0.1, -0.05) is 0 Å². The molecule has 0 radical (unpaired) electrons. The first-order chi connectivity index (χ1) is 7.27. The van der Waals surface area contributed by atoms with E-state index in [1.54, 1.807) is 12.4 Å². The first-order valence-electron chi connectivity index (χ1n) is 5.14. The highest BCUT2D eigenvalue weighted by atomic mass is 32.2. The summed E-state index contributed by atoms with van der Waals surface area (Å²) in [5.74, 6) is 1.22. The lowest BCUT2D eigenvalue weighted by Gasteiger charge is -2.08. The monoisotopic (exact) mass is 225 g/mol. The van der Waals surface area contributed by atoms with Crippen LogP contribution in [0.15, 0.2) is 17.4 Å². The van der Waals surface area contributed by atoms with E-state index in [1.807, 2.05) is 6.92 Å². The number of nitrogens with zero attached hydrogens (tertiary/aromatic N) is 2. The van der Waals surface area contributed by atoms with Crippen molar-refractivity contribution >= 4 is 10.8 Å². The average Bonchev–Trinajstić information content (AvgIpc) is 2.71. The molecular weight excluding hydrogens is 210 g/mol. The standard InChI is InChI=1S/C10H15N3OS/c1-8-10(13-5-4-12-8)15(14)7-9-2-3-11-6-9/h4-5,9,11H,2-3,6-7H2,1H3/t9-,15-/m1/s1. The lowest BCUT2D eigenvalue weighted by atomic mass is 10.2. The Kier molecular flexibility index (Phi) is 3.43. The van der Waals surface area contributed by atoms with E-state index < -0.39 is 10.8 Å². The summed E-state index contributed by atoms with van der Waals surface area (Å²) < 4.78 is 12.0. The second-order valence-corrected chi connectivity index (χ2v) is 5.23. The maximum atomic E-state index is 12.0. The smallest absolute Gasteiger partial charge is 0.148 e. The van der Waals surface area contributed by atoms with Crippen LogP contribution in [-0.4, -0.2) is 33.0 Å². The van der Waals surface area contributed by atoms with E-state index in [2.05, 4.69) is 15.3 Å². The first-order valence-corrected chi connectivity index (χ1v) is 6.46. The van der Waals surface area contributed by atoms with Gasteiger partial charge in [-0.05, 0) is 32.4 Å². The zero-order valence-corrected chi connectivity index (χ0v) is 9.59. The van der Waals surface area contributed by atoms with Crippen LogP contribution in [0.3, 0.4) is 0 Å². The van der Waals surface area contributed by atoms with Crippen molar-refractivity contribution in [2.24, 2.45) is 5.92 Å². The predicted octanol–water partition coefficient (Wildman–Crippen LogP) is 0.502. The minimum absolute atomic E-state index is 0.521. The van der Waals surface area contributed by atoms with Crippen molar-refractivity contribution in [3.63, 3.8) is 0 Å². The Bertz CT molecular complexity index is 363. The van der Waals surface area contributed by atoms with Crippen LogP contribution >= 0.6 is 0 Å². The normalized spacial score (nSPS) is 22.9. The van der Waals surface area contributed by atoms with Gasteiger partial charge in [-0.15, -0.1) is 0 Å². The molecule has 1 aliphatic rings. The molecule has 0 bridgehead atoms. The molecule has 1 fully saturated rings. The van der Waals surface area contributed by atoms with Gasteiger partial charge in [0, 0.05) is 18.1 Å². The third-order valence-corrected chi connectivity index (χ3v) is 4.21. The van der Waals surface area contributed by atoms with E-state index in [0.717, 1.165) is 25.2 Å². The number of hydrogen-bond acceptors (Lipinski definition) is 4. The largest absolute Gasteiger partial charge is 0.316 e. The number of aryl methyl sites for hydroxylation is 1. The van der Waals surface area contributed by atoms with E-state index in [4.69, 9.17) is 0 Å². The summed E-state index contributed by atoms with van der Waals surface area (Å²) in [5.41, 5.74) is 0.779. The Morgan fingerprint density at radius 1 is 1.53 bits per heavy atom. The molecular formula is C10H15N3OS. The zero-order chi connectivity index (χ0) is 10.7. The summed E-state index contributed by atoms with van der Waals surface area (Å²) in [6.07, 6.45) is 4.35. The van der Waals surface area contributed by atoms with E-state index in [-0.39, 0.29) is 0 Å². The van der Waals surface area contributed by atoms with Crippen LogP contribution in [0.5, 0.6) is 0 Å². The lowest BCUT2D eigenvalue weighted by Crippen LogP contribution is -2.16. The topological polar surface area (TPSA) is 54.9 Å². The molecule has 0 amide bonds. The third-order valence-electron chi connectivity index (χ3n) is 2.60. The highest BCUT2D eigenvalue weighted by Gasteiger charge is 2.19. The molecule has 0 aromatic carbocycles. The van der Waals surface area contributed by atoms with Crippen LogP contribution in [0.1, 0.15) is 12.1 Å². The predicted molar refractivity (Wildman–Crippen MR) is 59.0 cm³/mol. The van der Waals surface area contributed by atoms with Crippen LogP contribution in [-0.2, 0) is 10.8 Å². The van der Waals surface area contributed by atoms with Gasteiger partial charge in [-0.2, -0.15) is 0 Å². The zero-order valence-electron chi connectivity index (χ0n) is 8.77. The molecule has 5 heteroatoms. The van der Waals surface area contributed by atoms with E-state index in [1.165, 1.54) is 0 Å². The SMILES string of the molecule is Cc1nccnc1[S@](=O)C[C@@H]1CCNC1. The van der Waals surface area contributed by atoms with Gasteiger partial charge in [-0.25, -0.2) is 4.98 Å². The first kappa shape index (κ1) is 10.7. The molecule has 0 spiro atoms. The number of aromatic nitrogens is 2. The van der Waals surface area contributed by atoms with Crippen molar-refractivity contribution in [1.29, 1.82) is 0 Å². The molecule has 4 nitrogen and oxygen atoms in total. The average molecular weight is 225 g/mol. The summed E-state index contributed by atoms with van der Waals surface area (Å²) in [5, 5.41) is 3.92. The molecule has 0 saturated carbocycles. The number of rotatable bonds is 3. The van der Waals surface area contributed by atoms with Gasteiger partial charge in [0.15, 0.2) is 0 Å². The summed E-state index contributed by atoms with van der Waals surface area (Å²) in [6, 6.07) is 0. The number of hydrogen-bond donors (Lipinski definition) is 1. The van der Waals surface area contributed by atoms with Crippen LogP contribution in [0.25, 0.3) is 0 Å². The summed E-state index contributed by atoms with van der Waals surface area (Å²) >= 11 is 0. The van der Waals surface area contributed by atoms with Crippen molar-refractivity contribution in [2.75, 3.05) is 18.8 Å². The highest BCUT2D eigenvalue weighted by molar-refractivity contribution is 7.85.